The molecule has 0 atom stereocenters. The molecule has 74 valence electrons. The van der Waals surface area contributed by atoms with Gasteiger partial charge in [-0.15, -0.1) is 0 Å². The van der Waals surface area contributed by atoms with Crippen LogP contribution >= 0.6 is 0 Å². The van der Waals surface area contributed by atoms with Gasteiger partial charge in [0.05, 0.1) is 13.2 Å². The Bertz CT molecular complexity index is 328. The number of rotatable bonds is 2. The Morgan fingerprint density at radius 1 is 1.43 bits per heavy atom. The maximum Gasteiger partial charge on any atom is 0.185 e. The number of ketones is 1. The number of ether oxygens (including phenoxy) is 2. The summed E-state index contributed by atoms with van der Waals surface area (Å²) in [5.41, 5.74) is 1.32. The third-order valence-corrected chi connectivity index (χ3v) is 2.04. The molecule has 1 aromatic heterocycles. The number of Topliss-reactive ketones (excluding diaryl/α,β-unsaturated/α-hetero) is 1. The molecule has 0 aliphatic carbocycles. The summed E-state index contributed by atoms with van der Waals surface area (Å²) in [5, 5.41) is 0. The van der Waals surface area contributed by atoms with Gasteiger partial charge >= 0.3 is 0 Å². The standard InChI is InChI=1S/C10H11NO3/c1-7(12)9-3-2-8(6-11-9)10-13-4-5-14-10/h2-3,6,10H,4-5H2,1H3. The zero-order valence-corrected chi connectivity index (χ0v) is 7.90. The summed E-state index contributed by atoms with van der Waals surface area (Å²) in [4.78, 5) is 15.0. The van der Waals surface area contributed by atoms with Crippen molar-refractivity contribution < 1.29 is 14.3 Å². The molecule has 4 nitrogen and oxygen atoms in total. The average Bonchev–Trinajstić information content (AvgIpc) is 2.71. The minimum atomic E-state index is -0.316. The van der Waals surface area contributed by atoms with E-state index in [1.165, 1.54) is 6.92 Å². The van der Waals surface area contributed by atoms with Gasteiger partial charge in [-0.1, -0.05) is 6.07 Å². The molecule has 0 unspecified atom stereocenters. The van der Waals surface area contributed by atoms with Crippen LogP contribution in [-0.4, -0.2) is 24.0 Å². The molecule has 2 rings (SSSR count). The number of pyridine rings is 1. The van der Waals surface area contributed by atoms with Gasteiger partial charge in [0.1, 0.15) is 5.69 Å². The van der Waals surface area contributed by atoms with E-state index in [0.717, 1.165) is 5.56 Å². The lowest BCUT2D eigenvalue weighted by Gasteiger charge is -2.08. The van der Waals surface area contributed by atoms with Crippen LogP contribution in [0.1, 0.15) is 29.3 Å². The second-order valence-corrected chi connectivity index (χ2v) is 3.11. The lowest BCUT2D eigenvalue weighted by molar-refractivity contribution is -0.0443. The first-order chi connectivity index (χ1) is 6.77. The molecule has 0 aromatic carbocycles. The van der Waals surface area contributed by atoms with Gasteiger partial charge in [0.2, 0.25) is 0 Å². The topological polar surface area (TPSA) is 48.4 Å². The van der Waals surface area contributed by atoms with E-state index in [1.54, 1.807) is 18.3 Å². The minimum absolute atomic E-state index is 0.0372. The smallest absolute Gasteiger partial charge is 0.185 e. The van der Waals surface area contributed by atoms with Crippen LogP contribution in [0.15, 0.2) is 18.3 Å². The Kier molecular flexibility index (Phi) is 2.56. The van der Waals surface area contributed by atoms with Crippen molar-refractivity contribution >= 4 is 5.78 Å². The fourth-order valence-corrected chi connectivity index (χ4v) is 1.30. The van der Waals surface area contributed by atoms with Crippen LogP contribution in [0.3, 0.4) is 0 Å². The van der Waals surface area contributed by atoms with E-state index >= 15 is 0 Å². The van der Waals surface area contributed by atoms with Crippen molar-refractivity contribution in [3.63, 3.8) is 0 Å². The Morgan fingerprint density at radius 2 is 2.14 bits per heavy atom. The van der Waals surface area contributed by atoms with E-state index in [0.29, 0.717) is 18.9 Å². The Balaban J connectivity index is 2.16. The Morgan fingerprint density at radius 3 is 2.64 bits per heavy atom. The molecule has 1 aliphatic rings. The van der Waals surface area contributed by atoms with Crippen molar-refractivity contribution in [1.29, 1.82) is 0 Å². The SMILES string of the molecule is CC(=O)c1ccc(C2OCCO2)cn1. The van der Waals surface area contributed by atoms with Crippen molar-refractivity contribution in [2.75, 3.05) is 13.2 Å². The highest BCUT2D eigenvalue weighted by Crippen LogP contribution is 2.22. The zero-order valence-electron chi connectivity index (χ0n) is 7.90. The summed E-state index contributed by atoms with van der Waals surface area (Å²) in [7, 11) is 0. The molecule has 1 aromatic rings. The molecule has 4 heteroatoms. The van der Waals surface area contributed by atoms with E-state index < -0.39 is 0 Å². The summed E-state index contributed by atoms with van der Waals surface area (Å²) < 4.78 is 10.6. The van der Waals surface area contributed by atoms with E-state index in [4.69, 9.17) is 9.47 Å². The highest BCUT2D eigenvalue weighted by atomic mass is 16.7. The van der Waals surface area contributed by atoms with Crippen LogP contribution < -0.4 is 0 Å². The number of carbonyl (C=O) groups is 1. The van der Waals surface area contributed by atoms with E-state index in [9.17, 15) is 4.79 Å². The second-order valence-electron chi connectivity index (χ2n) is 3.11. The Labute approximate surface area is 81.9 Å². The van der Waals surface area contributed by atoms with E-state index in [-0.39, 0.29) is 12.1 Å². The van der Waals surface area contributed by atoms with Crippen molar-refractivity contribution in [2.45, 2.75) is 13.2 Å². The van der Waals surface area contributed by atoms with E-state index in [1.807, 2.05) is 0 Å². The molecular weight excluding hydrogens is 182 g/mol. The normalized spacial score (nSPS) is 17.2. The largest absolute Gasteiger partial charge is 0.346 e. The van der Waals surface area contributed by atoms with Gasteiger partial charge in [0.25, 0.3) is 0 Å². The van der Waals surface area contributed by atoms with Crippen LogP contribution in [0.5, 0.6) is 0 Å². The molecule has 2 heterocycles. The average molecular weight is 193 g/mol. The third kappa shape index (κ3) is 1.81. The highest BCUT2D eigenvalue weighted by Gasteiger charge is 2.18. The van der Waals surface area contributed by atoms with Crippen LogP contribution in [0.2, 0.25) is 0 Å². The number of hydrogen-bond donors (Lipinski definition) is 0. The van der Waals surface area contributed by atoms with Crippen LogP contribution in [0.4, 0.5) is 0 Å². The van der Waals surface area contributed by atoms with E-state index in [2.05, 4.69) is 4.98 Å². The predicted molar refractivity (Wildman–Crippen MR) is 48.9 cm³/mol. The number of aromatic nitrogens is 1. The van der Waals surface area contributed by atoms with Gasteiger partial charge in [0.15, 0.2) is 12.1 Å². The third-order valence-electron chi connectivity index (χ3n) is 2.04. The van der Waals surface area contributed by atoms with Gasteiger partial charge in [-0.3, -0.25) is 9.78 Å². The number of carbonyl (C=O) groups excluding carboxylic acids is 1. The van der Waals surface area contributed by atoms with Gasteiger partial charge in [0, 0.05) is 18.7 Å². The molecule has 0 N–H and O–H groups in total. The molecule has 1 saturated heterocycles. The molecule has 1 fully saturated rings. The molecular formula is C10H11NO3. The molecule has 1 aliphatic heterocycles. The van der Waals surface area contributed by atoms with Crippen LogP contribution in [0, 0.1) is 0 Å². The summed E-state index contributed by atoms with van der Waals surface area (Å²) in [6, 6.07) is 3.49. The number of nitrogens with zero attached hydrogens (tertiary/aromatic N) is 1. The first-order valence-corrected chi connectivity index (χ1v) is 4.47. The Hall–Kier alpha value is -1.26. The fraction of sp³-hybridized carbons (Fsp3) is 0.400. The molecule has 0 amide bonds. The molecule has 0 radical (unpaired) electrons. The van der Waals surface area contributed by atoms with Crippen molar-refractivity contribution in [3.8, 4) is 0 Å². The predicted octanol–water partition coefficient (Wildman–Crippen LogP) is 1.33. The van der Waals surface area contributed by atoms with Crippen LogP contribution in [-0.2, 0) is 9.47 Å². The molecule has 0 spiro atoms. The lowest BCUT2D eigenvalue weighted by atomic mass is 10.2. The minimum Gasteiger partial charge on any atom is -0.346 e. The quantitative estimate of drug-likeness (QED) is 0.665. The van der Waals surface area contributed by atoms with Crippen molar-refractivity contribution in [2.24, 2.45) is 0 Å². The lowest BCUT2D eigenvalue weighted by Crippen LogP contribution is -2.01. The molecule has 14 heavy (non-hydrogen) atoms. The van der Waals surface area contributed by atoms with Gasteiger partial charge < -0.3 is 9.47 Å². The first-order valence-electron chi connectivity index (χ1n) is 4.47. The van der Waals surface area contributed by atoms with Gasteiger partial charge in [-0.2, -0.15) is 0 Å². The summed E-state index contributed by atoms with van der Waals surface area (Å²) in [6.07, 6.45) is 1.30. The van der Waals surface area contributed by atoms with Gasteiger partial charge in [-0.05, 0) is 6.07 Å². The fourth-order valence-electron chi connectivity index (χ4n) is 1.30. The first kappa shape index (κ1) is 9.30. The van der Waals surface area contributed by atoms with Crippen LogP contribution in [0.25, 0.3) is 0 Å². The second kappa shape index (κ2) is 3.86. The summed E-state index contributed by atoms with van der Waals surface area (Å²) in [6.45, 7) is 2.71. The molecule has 0 saturated carbocycles. The number of hydrogen-bond acceptors (Lipinski definition) is 4. The monoisotopic (exact) mass is 193 g/mol. The summed E-state index contributed by atoms with van der Waals surface area (Å²) in [5.74, 6) is -0.0372. The highest BCUT2D eigenvalue weighted by molar-refractivity contribution is 5.91. The maximum absolute atomic E-state index is 11.0. The van der Waals surface area contributed by atoms with Crippen molar-refractivity contribution in [1.82, 2.24) is 4.98 Å². The van der Waals surface area contributed by atoms with Crippen molar-refractivity contribution in [3.05, 3.63) is 29.6 Å². The molecule has 0 bridgehead atoms. The summed E-state index contributed by atoms with van der Waals surface area (Å²) >= 11 is 0. The maximum atomic E-state index is 11.0. The van der Waals surface area contributed by atoms with Gasteiger partial charge in [-0.25, -0.2) is 0 Å². The zero-order chi connectivity index (χ0) is 9.97.